The van der Waals surface area contributed by atoms with Gasteiger partial charge >= 0.3 is 17.9 Å². The monoisotopic (exact) mass is 449 g/mol. The van der Waals surface area contributed by atoms with E-state index in [1.807, 2.05) is 18.7 Å². The van der Waals surface area contributed by atoms with Crippen molar-refractivity contribution in [2.24, 2.45) is 0 Å². The van der Waals surface area contributed by atoms with E-state index in [4.69, 9.17) is 14.2 Å². The molecule has 32 heavy (non-hydrogen) atoms. The maximum atomic E-state index is 13.1. The number of benzene rings is 1. The zero-order chi connectivity index (χ0) is 24.2. The number of anilines is 1. The number of esters is 3. The van der Waals surface area contributed by atoms with Gasteiger partial charge in [0.15, 0.2) is 5.54 Å². The lowest BCUT2D eigenvalue weighted by Gasteiger charge is -2.43. The lowest BCUT2D eigenvalue weighted by molar-refractivity contribution is -0.384. The molecule has 1 heterocycles. The second kappa shape index (κ2) is 9.77. The van der Waals surface area contributed by atoms with Crippen LogP contribution in [0.5, 0.6) is 0 Å². The Morgan fingerprint density at radius 1 is 1.03 bits per heavy atom. The lowest BCUT2D eigenvalue weighted by atomic mass is 9.90. The van der Waals surface area contributed by atoms with Gasteiger partial charge in [0.1, 0.15) is 6.17 Å². The first kappa shape index (κ1) is 24.8. The first-order chi connectivity index (χ1) is 15.1. The topological polar surface area (TPSA) is 129 Å². The second-order valence-corrected chi connectivity index (χ2v) is 7.07. The summed E-state index contributed by atoms with van der Waals surface area (Å²) in [5.74, 6) is -2.51. The molecule has 0 bridgehead atoms. The average Bonchev–Trinajstić information content (AvgIpc) is 3.08. The molecule has 0 amide bonds. The SMILES string of the molecule is CCN(CC)C1C(C(=O)OC)=C(C(=O)OC)C(C)(C(=O)OC)N1c1ccc([N+](=O)[O-])cc1. The van der Waals surface area contributed by atoms with Crippen molar-refractivity contribution in [3.63, 3.8) is 0 Å². The molecule has 0 radical (unpaired) electrons. The van der Waals surface area contributed by atoms with E-state index < -0.39 is 34.5 Å². The Morgan fingerprint density at radius 3 is 1.97 bits per heavy atom. The van der Waals surface area contributed by atoms with E-state index in [-0.39, 0.29) is 16.8 Å². The maximum absolute atomic E-state index is 13.1. The minimum absolute atomic E-state index is 0.0608. The van der Waals surface area contributed by atoms with Crippen LogP contribution in [0.3, 0.4) is 0 Å². The number of methoxy groups -OCH3 is 3. The van der Waals surface area contributed by atoms with Crippen LogP contribution in [0.15, 0.2) is 35.4 Å². The molecule has 11 nitrogen and oxygen atoms in total. The van der Waals surface area contributed by atoms with Crippen molar-refractivity contribution in [2.45, 2.75) is 32.5 Å². The molecule has 0 fully saturated rings. The molecular weight excluding hydrogens is 422 g/mol. The number of carbonyl (C=O) groups is 3. The molecule has 1 aromatic rings. The number of rotatable bonds is 8. The number of likely N-dealkylation sites (N-methyl/N-ethyl adjacent to an activating group) is 1. The van der Waals surface area contributed by atoms with Crippen molar-refractivity contribution in [3.8, 4) is 0 Å². The van der Waals surface area contributed by atoms with Crippen LogP contribution >= 0.6 is 0 Å². The summed E-state index contributed by atoms with van der Waals surface area (Å²) in [4.78, 5) is 52.9. The van der Waals surface area contributed by atoms with Crippen molar-refractivity contribution < 1.29 is 33.5 Å². The van der Waals surface area contributed by atoms with E-state index in [9.17, 15) is 24.5 Å². The maximum Gasteiger partial charge on any atom is 0.337 e. The van der Waals surface area contributed by atoms with Crippen LogP contribution in [0.1, 0.15) is 20.8 Å². The van der Waals surface area contributed by atoms with Crippen LogP contribution in [-0.2, 0) is 28.6 Å². The molecule has 2 unspecified atom stereocenters. The Kier molecular flexibility index (Phi) is 7.57. The molecule has 0 aromatic heterocycles. The van der Waals surface area contributed by atoms with E-state index in [0.717, 1.165) is 7.11 Å². The smallest absolute Gasteiger partial charge is 0.337 e. The van der Waals surface area contributed by atoms with Crippen LogP contribution in [-0.4, -0.2) is 73.9 Å². The van der Waals surface area contributed by atoms with E-state index in [1.54, 1.807) is 0 Å². The van der Waals surface area contributed by atoms with Gasteiger partial charge in [-0.05, 0) is 32.1 Å². The van der Waals surface area contributed by atoms with Gasteiger partial charge < -0.3 is 19.1 Å². The highest BCUT2D eigenvalue weighted by molar-refractivity contribution is 6.12. The van der Waals surface area contributed by atoms with Gasteiger partial charge in [-0.25, -0.2) is 14.4 Å². The van der Waals surface area contributed by atoms with Crippen molar-refractivity contribution >= 4 is 29.3 Å². The summed E-state index contributed by atoms with van der Waals surface area (Å²) in [5.41, 5.74) is -1.85. The van der Waals surface area contributed by atoms with Gasteiger partial charge in [0, 0.05) is 17.8 Å². The molecule has 2 rings (SSSR count). The molecule has 174 valence electrons. The van der Waals surface area contributed by atoms with Gasteiger partial charge in [0.05, 0.1) is 37.4 Å². The average molecular weight is 449 g/mol. The third kappa shape index (κ3) is 3.91. The van der Waals surface area contributed by atoms with Crippen LogP contribution in [0, 0.1) is 10.1 Å². The van der Waals surface area contributed by atoms with Crippen molar-refractivity contribution in [3.05, 3.63) is 45.5 Å². The molecule has 0 aliphatic carbocycles. The number of hydrogen-bond acceptors (Lipinski definition) is 10. The summed E-state index contributed by atoms with van der Waals surface area (Å²) in [7, 11) is 3.48. The molecule has 1 aliphatic heterocycles. The number of nitro benzene ring substituents is 1. The van der Waals surface area contributed by atoms with Gasteiger partial charge in [-0.15, -0.1) is 0 Å². The molecule has 0 spiro atoms. The zero-order valence-corrected chi connectivity index (χ0v) is 18.9. The molecule has 11 heteroatoms. The lowest BCUT2D eigenvalue weighted by Crippen LogP contribution is -2.59. The number of non-ortho nitro benzene ring substituents is 1. The van der Waals surface area contributed by atoms with Crippen molar-refractivity contribution in [1.82, 2.24) is 4.90 Å². The molecular formula is C21H27N3O8. The summed E-state index contributed by atoms with van der Waals surface area (Å²) in [6.07, 6.45) is -0.905. The van der Waals surface area contributed by atoms with Crippen LogP contribution < -0.4 is 4.90 Å². The molecule has 0 saturated heterocycles. The summed E-state index contributed by atoms with van der Waals surface area (Å²) in [6.45, 7) is 6.07. The number of ether oxygens (including phenoxy) is 3. The summed E-state index contributed by atoms with van der Waals surface area (Å²) in [5, 5.41) is 11.1. The summed E-state index contributed by atoms with van der Waals surface area (Å²) in [6, 6.07) is 5.45. The zero-order valence-electron chi connectivity index (χ0n) is 18.9. The van der Waals surface area contributed by atoms with Gasteiger partial charge in [-0.2, -0.15) is 0 Å². The first-order valence-corrected chi connectivity index (χ1v) is 9.91. The minimum atomic E-state index is -1.78. The first-order valence-electron chi connectivity index (χ1n) is 9.91. The Balaban J connectivity index is 2.94. The fourth-order valence-corrected chi connectivity index (χ4v) is 4.06. The van der Waals surface area contributed by atoms with Crippen LogP contribution in [0.2, 0.25) is 0 Å². The normalized spacial score (nSPS) is 20.3. The minimum Gasteiger partial charge on any atom is -0.467 e. The number of carbonyl (C=O) groups excluding carboxylic acids is 3. The Bertz CT molecular complexity index is 939. The largest absolute Gasteiger partial charge is 0.467 e. The highest BCUT2D eigenvalue weighted by Gasteiger charge is 2.60. The third-order valence-corrected chi connectivity index (χ3v) is 5.62. The van der Waals surface area contributed by atoms with E-state index in [0.29, 0.717) is 18.8 Å². The number of nitro groups is 1. The standard InChI is InChI=1S/C21H27N3O8/c1-7-22(8-2)17-15(18(25)30-4)16(19(26)31-5)21(3,20(27)32-6)23(17)13-9-11-14(12-10-13)24(28)29/h9-12,17H,7-8H2,1-6H3. The summed E-state index contributed by atoms with van der Waals surface area (Å²) < 4.78 is 14.9. The Labute approximate surface area is 185 Å². The predicted octanol–water partition coefficient (Wildman–Crippen LogP) is 1.66. The van der Waals surface area contributed by atoms with E-state index >= 15 is 0 Å². The highest BCUT2D eigenvalue weighted by Crippen LogP contribution is 2.45. The molecule has 2 atom stereocenters. The van der Waals surface area contributed by atoms with Gasteiger partial charge in [0.25, 0.3) is 5.69 Å². The Hall–Kier alpha value is -3.47. The van der Waals surface area contributed by atoms with Crippen LogP contribution in [0.4, 0.5) is 11.4 Å². The van der Waals surface area contributed by atoms with Gasteiger partial charge in [-0.3, -0.25) is 15.0 Å². The van der Waals surface area contributed by atoms with Crippen molar-refractivity contribution in [2.75, 3.05) is 39.3 Å². The van der Waals surface area contributed by atoms with E-state index in [1.165, 1.54) is 50.3 Å². The van der Waals surface area contributed by atoms with E-state index in [2.05, 4.69) is 0 Å². The van der Waals surface area contributed by atoms with Gasteiger partial charge in [-0.1, -0.05) is 13.8 Å². The van der Waals surface area contributed by atoms with Gasteiger partial charge in [0.2, 0.25) is 0 Å². The predicted molar refractivity (Wildman–Crippen MR) is 114 cm³/mol. The molecule has 1 aromatic carbocycles. The highest BCUT2D eigenvalue weighted by atomic mass is 16.6. The summed E-state index contributed by atoms with van der Waals surface area (Å²) >= 11 is 0. The Morgan fingerprint density at radius 2 is 1.56 bits per heavy atom. The second-order valence-electron chi connectivity index (χ2n) is 7.07. The fourth-order valence-electron chi connectivity index (χ4n) is 4.06. The number of hydrogen-bond donors (Lipinski definition) is 0. The number of nitrogens with zero attached hydrogens (tertiary/aromatic N) is 3. The quantitative estimate of drug-likeness (QED) is 0.250. The van der Waals surface area contributed by atoms with Crippen molar-refractivity contribution in [1.29, 1.82) is 0 Å². The fraction of sp³-hybridized carbons (Fsp3) is 0.476. The third-order valence-electron chi connectivity index (χ3n) is 5.62. The molecule has 1 aliphatic rings. The molecule has 0 N–H and O–H groups in total. The van der Waals surface area contributed by atoms with Crippen LogP contribution in [0.25, 0.3) is 0 Å². The molecule has 0 saturated carbocycles.